The van der Waals surface area contributed by atoms with Gasteiger partial charge in [-0.25, -0.2) is 0 Å². The number of nitrogens with one attached hydrogen (secondary N) is 2. The second-order valence-electron chi connectivity index (χ2n) is 11.5. The van der Waals surface area contributed by atoms with E-state index in [1.54, 1.807) is 24.3 Å². The van der Waals surface area contributed by atoms with E-state index in [4.69, 9.17) is 17.3 Å². The van der Waals surface area contributed by atoms with E-state index in [-0.39, 0.29) is 24.2 Å². The topological polar surface area (TPSA) is 106 Å². The Morgan fingerprint density at radius 1 is 1.05 bits per heavy atom. The number of nitrogens with two attached hydrogens (primary N) is 1. The smallest absolute Gasteiger partial charge is 0.246 e. The van der Waals surface area contributed by atoms with Gasteiger partial charge in [-0.1, -0.05) is 69.6 Å². The molecule has 3 aromatic rings. The maximum absolute atomic E-state index is 14.0. The van der Waals surface area contributed by atoms with Crippen LogP contribution in [0.25, 0.3) is 10.9 Å². The summed E-state index contributed by atoms with van der Waals surface area (Å²) < 4.78 is 2.38. The predicted octanol–water partition coefficient (Wildman–Crippen LogP) is 4.55. The van der Waals surface area contributed by atoms with Crippen molar-refractivity contribution < 1.29 is 14.4 Å². The van der Waals surface area contributed by atoms with Gasteiger partial charge in [0.1, 0.15) is 11.6 Å². The molecule has 4 rings (SSSR count). The molecule has 1 aliphatic rings. The van der Waals surface area contributed by atoms with Gasteiger partial charge in [0, 0.05) is 34.6 Å². The van der Waals surface area contributed by atoms with Gasteiger partial charge in [-0.2, -0.15) is 0 Å². The van der Waals surface area contributed by atoms with Gasteiger partial charge in [-0.15, -0.1) is 0 Å². The maximum Gasteiger partial charge on any atom is 0.246 e. The highest BCUT2D eigenvalue weighted by Gasteiger charge is 2.45. The molecule has 0 radical (unpaired) electrons. The van der Waals surface area contributed by atoms with E-state index in [9.17, 15) is 14.4 Å². The van der Waals surface area contributed by atoms with Crippen LogP contribution in [0.1, 0.15) is 57.4 Å². The van der Waals surface area contributed by atoms with Crippen molar-refractivity contribution >= 4 is 40.2 Å². The number of aryl methyl sites for hydroxylation is 1. The van der Waals surface area contributed by atoms with Crippen LogP contribution in [0.15, 0.2) is 48.5 Å². The predicted molar refractivity (Wildman–Crippen MR) is 155 cm³/mol. The quantitative estimate of drug-likeness (QED) is 0.344. The maximum atomic E-state index is 14.0. The number of primary amides is 1. The van der Waals surface area contributed by atoms with E-state index >= 15 is 0 Å². The van der Waals surface area contributed by atoms with Gasteiger partial charge in [-0.3, -0.25) is 14.4 Å². The molecule has 0 spiro atoms. The zero-order valence-electron chi connectivity index (χ0n) is 23.2. The minimum Gasteiger partial charge on any atom is -0.368 e. The number of hydrogen-bond donors (Lipinski definition) is 3. The summed E-state index contributed by atoms with van der Waals surface area (Å²) in [6, 6.07) is 14.5. The summed E-state index contributed by atoms with van der Waals surface area (Å²) in [5.41, 5.74) is 8.64. The summed E-state index contributed by atoms with van der Waals surface area (Å²) in [5.74, 6) is -0.869. The first-order valence-electron chi connectivity index (χ1n) is 13.8. The first kappa shape index (κ1) is 28.7. The van der Waals surface area contributed by atoms with Crippen LogP contribution in [0, 0.1) is 11.8 Å². The zero-order valence-corrected chi connectivity index (χ0v) is 24.0. The van der Waals surface area contributed by atoms with Crippen molar-refractivity contribution in [2.24, 2.45) is 17.6 Å². The first-order valence-corrected chi connectivity index (χ1v) is 14.1. The Balaban J connectivity index is 1.72. The van der Waals surface area contributed by atoms with Gasteiger partial charge in [0.05, 0.1) is 6.42 Å². The molecule has 1 aromatic heterocycles. The van der Waals surface area contributed by atoms with E-state index in [0.29, 0.717) is 30.2 Å². The van der Waals surface area contributed by atoms with E-state index < -0.39 is 17.5 Å². The lowest BCUT2D eigenvalue weighted by Gasteiger charge is -2.38. The van der Waals surface area contributed by atoms with Gasteiger partial charge < -0.3 is 20.9 Å². The number of hydrogen-bond acceptors (Lipinski definition) is 3. The van der Waals surface area contributed by atoms with Crippen LogP contribution in [0.2, 0.25) is 5.02 Å². The fraction of sp³-hybridized carbons (Fsp3) is 0.452. The normalized spacial score (nSPS) is 17.7. The third-order valence-corrected chi connectivity index (χ3v) is 7.99. The molecule has 0 unspecified atom stereocenters. The molecule has 2 atom stereocenters. The Hall–Kier alpha value is -3.32. The van der Waals surface area contributed by atoms with Gasteiger partial charge in [-0.05, 0) is 60.4 Å². The molecule has 0 bridgehead atoms. The van der Waals surface area contributed by atoms with E-state index in [2.05, 4.69) is 41.2 Å². The van der Waals surface area contributed by atoms with E-state index in [1.165, 1.54) is 5.69 Å². The van der Waals surface area contributed by atoms with E-state index in [1.807, 2.05) is 26.0 Å². The fourth-order valence-electron chi connectivity index (χ4n) is 5.58. The highest BCUT2D eigenvalue weighted by Crippen LogP contribution is 2.37. The standard InChI is InChI=1S/C31H39ClN4O3/c1-19(2)14-16-36-25-8-6-5-7-23(25)24-18-31(15-13-26(24)36,30(39)34-28(20(3)4)29(33)38)35-27(37)17-21-9-11-22(32)12-10-21/h5-12,19-20,28H,13-18H2,1-4H3,(H2,33,38)(H,34,39)(H,35,37)/t28-,31-/m0/s1. The van der Waals surface area contributed by atoms with Crippen molar-refractivity contribution in [1.29, 1.82) is 0 Å². The van der Waals surface area contributed by atoms with Crippen LogP contribution < -0.4 is 16.4 Å². The summed E-state index contributed by atoms with van der Waals surface area (Å²) in [6.45, 7) is 9.00. The molecule has 2 aromatic carbocycles. The molecule has 3 amide bonds. The van der Waals surface area contributed by atoms with Crippen LogP contribution in [0.5, 0.6) is 0 Å². The summed E-state index contributed by atoms with van der Waals surface area (Å²) in [7, 11) is 0. The zero-order chi connectivity index (χ0) is 28.3. The second-order valence-corrected chi connectivity index (χ2v) is 11.9. The molecule has 0 fully saturated rings. The number of amides is 3. The van der Waals surface area contributed by atoms with Crippen molar-refractivity contribution in [3.05, 3.63) is 70.4 Å². The molecule has 1 aliphatic carbocycles. The molecule has 39 heavy (non-hydrogen) atoms. The van der Waals surface area contributed by atoms with E-state index in [0.717, 1.165) is 35.0 Å². The van der Waals surface area contributed by atoms with Gasteiger partial charge in [0.25, 0.3) is 0 Å². The largest absolute Gasteiger partial charge is 0.368 e. The molecular formula is C31H39ClN4O3. The highest BCUT2D eigenvalue weighted by atomic mass is 35.5. The molecule has 0 saturated heterocycles. The van der Waals surface area contributed by atoms with Crippen LogP contribution in [-0.2, 0) is 40.2 Å². The average Bonchev–Trinajstić information content (AvgIpc) is 3.19. The lowest BCUT2D eigenvalue weighted by molar-refractivity contribution is -0.136. The van der Waals surface area contributed by atoms with Crippen molar-refractivity contribution in [3.8, 4) is 0 Å². The molecular weight excluding hydrogens is 512 g/mol. The van der Waals surface area contributed by atoms with Crippen LogP contribution in [-0.4, -0.2) is 33.9 Å². The van der Waals surface area contributed by atoms with Crippen LogP contribution >= 0.6 is 11.6 Å². The van der Waals surface area contributed by atoms with Crippen LogP contribution in [0.4, 0.5) is 0 Å². The van der Waals surface area contributed by atoms with Gasteiger partial charge in [0.15, 0.2) is 0 Å². The van der Waals surface area contributed by atoms with Gasteiger partial charge >= 0.3 is 0 Å². The van der Waals surface area contributed by atoms with Crippen molar-refractivity contribution in [2.75, 3.05) is 0 Å². The molecule has 208 valence electrons. The SMILES string of the molecule is CC(C)CCn1c2c(c3ccccc31)C[C@](NC(=O)Cc1ccc(Cl)cc1)(C(=O)N[C@H](C(N)=O)C(C)C)CC2. The molecule has 7 nitrogen and oxygen atoms in total. The summed E-state index contributed by atoms with van der Waals surface area (Å²) in [4.78, 5) is 39.5. The lowest BCUT2D eigenvalue weighted by atomic mass is 9.78. The molecule has 0 aliphatic heterocycles. The third-order valence-electron chi connectivity index (χ3n) is 7.74. The van der Waals surface area contributed by atoms with Gasteiger partial charge in [0.2, 0.25) is 17.7 Å². The number of nitrogens with zero attached hydrogens (tertiary/aromatic N) is 1. The second kappa shape index (κ2) is 11.8. The number of halogens is 1. The number of carbonyl (C=O) groups excluding carboxylic acids is 3. The Morgan fingerprint density at radius 2 is 1.74 bits per heavy atom. The Labute approximate surface area is 235 Å². The van der Waals surface area contributed by atoms with Crippen molar-refractivity contribution in [2.45, 2.75) is 77.9 Å². The monoisotopic (exact) mass is 550 g/mol. The number of aromatic nitrogens is 1. The minimum atomic E-state index is -1.22. The molecule has 4 N–H and O–H groups in total. The van der Waals surface area contributed by atoms with Crippen molar-refractivity contribution in [3.63, 3.8) is 0 Å². The highest BCUT2D eigenvalue weighted by molar-refractivity contribution is 6.30. The fourth-order valence-corrected chi connectivity index (χ4v) is 5.70. The Kier molecular flexibility index (Phi) is 8.70. The number of para-hydroxylation sites is 1. The average molecular weight is 551 g/mol. The molecule has 8 heteroatoms. The number of benzene rings is 2. The summed E-state index contributed by atoms with van der Waals surface area (Å²) in [6.07, 6.45) is 2.53. The number of carbonyl (C=O) groups is 3. The van der Waals surface area contributed by atoms with Crippen LogP contribution in [0.3, 0.4) is 0 Å². The first-order chi connectivity index (χ1) is 18.5. The lowest BCUT2D eigenvalue weighted by Crippen LogP contribution is -2.64. The summed E-state index contributed by atoms with van der Waals surface area (Å²) >= 11 is 6.01. The minimum absolute atomic E-state index is 0.110. The number of rotatable bonds is 10. The Morgan fingerprint density at radius 3 is 2.38 bits per heavy atom. The summed E-state index contributed by atoms with van der Waals surface area (Å²) in [5, 5.41) is 7.66. The van der Waals surface area contributed by atoms with Crippen molar-refractivity contribution in [1.82, 2.24) is 15.2 Å². The molecule has 0 saturated carbocycles. The molecule has 1 heterocycles. The Bertz CT molecular complexity index is 1360. The number of fused-ring (bicyclic) bond motifs is 3. The third kappa shape index (κ3) is 6.30.